The van der Waals surface area contributed by atoms with E-state index >= 15 is 0 Å². The highest BCUT2D eigenvalue weighted by atomic mass is 19.1. The van der Waals surface area contributed by atoms with Gasteiger partial charge in [-0.15, -0.1) is 0 Å². The van der Waals surface area contributed by atoms with E-state index in [0.717, 1.165) is 48.9 Å². The lowest BCUT2D eigenvalue weighted by molar-refractivity contribution is -0.139. The van der Waals surface area contributed by atoms with Crippen LogP contribution in [0.4, 0.5) is 10.1 Å². The number of carboxylic acid groups (broad SMARTS) is 1. The summed E-state index contributed by atoms with van der Waals surface area (Å²) in [6.45, 7) is 1.64. The molecular formula is C17H17FN2O2. The van der Waals surface area contributed by atoms with Crippen molar-refractivity contribution >= 4 is 22.6 Å². The van der Waals surface area contributed by atoms with Crippen LogP contribution in [0, 0.1) is 17.2 Å². The largest absolute Gasteiger partial charge is 0.481 e. The predicted molar refractivity (Wildman–Crippen MR) is 81.3 cm³/mol. The molecule has 1 saturated carbocycles. The van der Waals surface area contributed by atoms with Crippen LogP contribution >= 0.6 is 0 Å². The smallest absolute Gasteiger partial charge is 0.307 e. The number of halogens is 1. The Morgan fingerprint density at radius 2 is 2.09 bits per heavy atom. The van der Waals surface area contributed by atoms with Gasteiger partial charge in [0, 0.05) is 30.4 Å². The van der Waals surface area contributed by atoms with E-state index in [2.05, 4.69) is 9.88 Å². The molecular weight excluding hydrogens is 283 g/mol. The third kappa shape index (κ3) is 2.03. The number of aromatic nitrogens is 1. The predicted octanol–water partition coefficient (Wildman–Crippen LogP) is 3.07. The Bertz CT molecular complexity index is 753. The number of nitrogens with zero attached hydrogens (tertiary/aromatic N) is 2. The molecule has 2 heterocycles. The van der Waals surface area contributed by atoms with Gasteiger partial charge in [0.05, 0.1) is 11.4 Å². The summed E-state index contributed by atoms with van der Waals surface area (Å²) in [5, 5.41) is 9.99. The van der Waals surface area contributed by atoms with Crippen molar-refractivity contribution in [2.45, 2.75) is 19.3 Å². The van der Waals surface area contributed by atoms with Crippen molar-refractivity contribution in [2.24, 2.45) is 11.3 Å². The van der Waals surface area contributed by atoms with E-state index < -0.39 is 5.97 Å². The normalized spacial score (nSPS) is 23.0. The number of benzene rings is 1. The second-order valence-corrected chi connectivity index (χ2v) is 6.44. The van der Waals surface area contributed by atoms with Crippen molar-refractivity contribution in [2.75, 3.05) is 18.0 Å². The molecule has 4 nitrogen and oxygen atoms in total. The van der Waals surface area contributed by atoms with Crippen LogP contribution in [-0.2, 0) is 4.79 Å². The van der Waals surface area contributed by atoms with Gasteiger partial charge in [-0.1, -0.05) is 0 Å². The zero-order valence-corrected chi connectivity index (χ0v) is 12.1. The van der Waals surface area contributed by atoms with Gasteiger partial charge in [0.2, 0.25) is 0 Å². The molecule has 22 heavy (non-hydrogen) atoms. The SMILES string of the molecule is O=C(O)C1CC12CCN(c1ccnc3ccc(F)cc13)CC2. The average molecular weight is 300 g/mol. The second-order valence-electron chi connectivity index (χ2n) is 6.44. The second kappa shape index (κ2) is 4.66. The maximum atomic E-state index is 13.5. The molecule has 1 aliphatic carbocycles. The summed E-state index contributed by atoms with van der Waals surface area (Å²) in [4.78, 5) is 17.6. The number of aliphatic carboxylic acids is 1. The van der Waals surface area contributed by atoms with Crippen molar-refractivity contribution in [3.8, 4) is 0 Å². The van der Waals surface area contributed by atoms with E-state index in [0.29, 0.717) is 0 Å². The van der Waals surface area contributed by atoms with Crippen molar-refractivity contribution < 1.29 is 14.3 Å². The standard InChI is InChI=1S/C17H17FN2O2/c18-11-1-2-14-12(9-11)15(3-6-19-14)20-7-4-17(5-8-20)10-13(17)16(21)22/h1-3,6,9,13H,4-5,7-8,10H2,(H,21,22). The molecule has 4 rings (SSSR count). The number of pyridine rings is 1. The van der Waals surface area contributed by atoms with Gasteiger partial charge in [0.1, 0.15) is 5.82 Å². The Balaban J connectivity index is 1.60. The van der Waals surface area contributed by atoms with Gasteiger partial charge in [-0.05, 0) is 48.9 Å². The third-order valence-electron chi connectivity index (χ3n) is 5.27. The maximum Gasteiger partial charge on any atom is 0.307 e. The number of piperidine rings is 1. The van der Waals surface area contributed by atoms with E-state index in [1.54, 1.807) is 12.3 Å². The van der Waals surface area contributed by atoms with Gasteiger partial charge in [0.25, 0.3) is 0 Å². The van der Waals surface area contributed by atoms with Crippen molar-refractivity contribution in [1.29, 1.82) is 0 Å². The first-order valence-corrected chi connectivity index (χ1v) is 7.61. The molecule has 1 aromatic carbocycles. The lowest BCUT2D eigenvalue weighted by atomic mass is 9.90. The third-order valence-corrected chi connectivity index (χ3v) is 5.27. The molecule has 1 aromatic heterocycles. The summed E-state index contributed by atoms with van der Waals surface area (Å²) in [5.74, 6) is -1.09. The minimum atomic E-state index is -0.662. The first kappa shape index (κ1) is 13.5. The minimum Gasteiger partial charge on any atom is -0.481 e. The number of fused-ring (bicyclic) bond motifs is 1. The van der Waals surface area contributed by atoms with Gasteiger partial charge >= 0.3 is 5.97 Å². The van der Waals surface area contributed by atoms with Crippen LogP contribution in [0.5, 0.6) is 0 Å². The number of carboxylic acids is 1. The van der Waals surface area contributed by atoms with Crippen molar-refractivity contribution in [1.82, 2.24) is 4.98 Å². The first-order valence-electron chi connectivity index (χ1n) is 7.61. The summed E-state index contributed by atoms with van der Waals surface area (Å²) < 4.78 is 13.5. The molecule has 2 aromatic rings. The monoisotopic (exact) mass is 300 g/mol. The van der Waals surface area contributed by atoms with E-state index in [1.165, 1.54) is 12.1 Å². The molecule has 114 valence electrons. The zero-order chi connectivity index (χ0) is 15.3. The molecule has 0 bridgehead atoms. The van der Waals surface area contributed by atoms with Gasteiger partial charge in [-0.25, -0.2) is 4.39 Å². The summed E-state index contributed by atoms with van der Waals surface area (Å²) in [5.41, 5.74) is 1.79. The van der Waals surface area contributed by atoms with Crippen LogP contribution in [-0.4, -0.2) is 29.1 Å². The van der Waals surface area contributed by atoms with E-state index in [4.69, 9.17) is 5.11 Å². The van der Waals surface area contributed by atoms with Gasteiger partial charge in [-0.3, -0.25) is 9.78 Å². The molecule has 1 atom stereocenters. The molecule has 2 fully saturated rings. The van der Waals surface area contributed by atoms with Crippen LogP contribution in [0.1, 0.15) is 19.3 Å². The van der Waals surface area contributed by atoms with Crippen molar-refractivity contribution in [3.63, 3.8) is 0 Å². The number of carbonyl (C=O) groups is 1. The summed E-state index contributed by atoms with van der Waals surface area (Å²) in [6.07, 6.45) is 4.34. The Kier molecular flexibility index (Phi) is 2.86. The Morgan fingerprint density at radius 3 is 2.77 bits per heavy atom. The van der Waals surface area contributed by atoms with E-state index in [-0.39, 0.29) is 17.2 Å². The summed E-state index contributed by atoms with van der Waals surface area (Å²) >= 11 is 0. The minimum absolute atomic E-state index is 0.0103. The average Bonchev–Trinajstić information content (AvgIpc) is 3.22. The highest BCUT2D eigenvalue weighted by molar-refractivity contribution is 5.91. The summed E-state index contributed by atoms with van der Waals surface area (Å²) in [7, 11) is 0. The van der Waals surface area contributed by atoms with Crippen LogP contribution in [0.2, 0.25) is 0 Å². The van der Waals surface area contributed by atoms with Crippen molar-refractivity contribution in [3.05, 3.63) is 36.3 Å². The fraction of sp³-hybridized carbons (Fsp3) is 0.412. The zero-order valence-electron chi connectivity index (χ0n) is 12.1. The molecule has 1 spiro atoms. The molecule has 0 amide bonds. The molecule has 0 radical (unpaired) electrons. The van der Waals surface area contributed by atoms with Gasteiger partial charge < -0.3 is 10.0 Å². The van der Waals surface area contributed by atoms with E-state index in [1.807, 2.05) is 6.07 Å². The maximum absolute atomic E-state index is 13.5. The van der Waals surface area contributed by atoms with Crippen LogP contribution in [0.25, 0.3) is 10.9 Å². The van der Waals surface area contributed by atoms with Gasteiger partial charge in [-0.2, -0.15) is 0 Å². The number of hydrogen-bond donors (Lipinski definition) is 1. The molecule has 5 heteroatoms. The fourth-order valence-corrected chi connectivity index (χ4v) is 3.82. The quantitative estimate of drug-likeness (QED) is 0.926. The highest BCUT2D eigenvalue weighted by Gasteiger charge is 2.58. The molecule has 2 aliphatic rings. The molecule has 1 N–H and O–H groups in total. The van der Waals surface area contributed by atoms with Gasteiger partial charge in [0.15, 0.2) is 0 Å². The summed E-state index contributed by atoms with van der Waals surface area (Å²) in [6, 6.07) is 6.56. The first-order chi connectivity index (χ1) is 10.6. The Hall–Kier alpha value is -2.17. The Morgan fingerprint density at radius 1 is 1.32 bits per heavy atom. The van der Waals surface area contributed by atoms with Crippen LogP contribution in [0.15, 0.2) is 30.5 Å². The lowest BCUT2D eigenvalue weighted by Crippen LogP contribution is -2.35. The number of hydrogen-bond acceptors (Lipinski definition) is 3. The Labute approximate surface area is 127 Å². The number of anilines is 1. The lowest BCUT2D eigenvalue weighted by Gasteiger charge is -2.34. The highest BCUT2D eigenvalue weighted by Crippen LogP contribution is 2.59. The molecule has 1 saturated heterocycles. The number of rotatable bonds is 2. The molecule has 1 aliphatic heterocycles. The fourth-order valence-electron chi connectivity index (χ4n) is 3.82. The topological polar surface area (TPSA) is 53.4 Å². The van der Waals surface area contributed by atoms with Crippen LogP contribution in [0.3, 0.4) is 0 Å². The van der Waals surface area contributed by atoms with E-state index in [9.17, 15) is 9.18 Å². The van der Waals surface area contributed by atoms with Crippen LogP contribution < -0.4 is 4.90 Å². The molecule has 1 unspecified atom stereocenters.